The number of likely N-dealkylation sites (N-methyl/N-ethyl adjacent to an activating group) is 2. The summed E-state index contributed by atoms with van der Waals surface area (Å²) in [4.78, 5) is 19.5. The van der Waals surface area contributed by atoms with Gasteiger partial charge >= 0.3 is 15.6 Å². The predicted molar refractivity (Wildman–Crippen MR) is 235 cm³/mol. The van der Waals surface area contributed by atoms with Crippen LogP contribution in [0.3, 0.4) is 0 Å². The van der Waals surface area contributed by atoms with Crippen molar-refractivity contribution in [1.29, 1.82) is 0 Å². The maximum atomic E-state index is 11.9. The molecule has 0 bridgehead atoms. The van der Waals surface area contributed by atoms with Crippen LogP contribution in [-0.2, 0) is 27.2 Å². The number of quaternary nitrogens is 2. The molecule has 54 heavy (non-hydrogen) atoms. The second-order valence-electron chi connectivity index (χ2n) is 17.0. The number of rotatable bonds is 43. The Balaban J connectivity index is 3.23. The van der Waals surface area contributed by atoms with E-state index in [1.165, 1.54) is 139 Å². The van der Waals surface area contributed by atoms with E-state index in [-0.39, 0.29) is 26.4 Å². The molecule has 14 heteroatoms. The van der Waals surface area contributed by atoms with Gasteiger partial charge in [0.1, 0.15) is 26.3 Å². The molecule has 0 aromatic heterocycles. The average molecular weight is 851 g/mol. The summed E-state index contributed by atoms with van der Waals surface area (Å²) in [5.41, 5.74) is 0. The van der Waals surface area contributed by atoms with E-state index in [1.807, 2.05) is 42.3 Å². The zero-order valence-electron chi connectivity index (χ0n) is 36.0. The number of thioether (sulfide) groups is 2. The summed E-state index contributed by atoms with van der Waals surface area (Å²) in [6.07, 6.45) is 30.1. The van der Waals surface area contributed by atoms with E-state index < -0.39 is 15.6 Å². The molecule has 2 atom stereocenters. The second-order valence-corrected chi connectivity index (χ2v) is 22.4. The predicted octanol–water partition coefficient (Wildman–Crippen LogP) is 11.5. The molecular formula is C40H88N2O8P2S2+2. The maximum Gasteiger partial charge on any atom is 0.472 e. The van der Waals surface area contributed by atoms with Gasteiger partial charge in [-0.2, -0.15) is 23.5 Å². The van der Waals surface area contributed by atoms with Crippen molar-refractivity contribution in [3.05, 3.63) is 0 Å². The van der Waals surface area contributed by atoms with E-state index >= 15 is 0 Å². The molecule has 0 aromatic rings. The molecular weight excluding hydrogens is 763 g/mol. The monoisotopic (exact) mass is 851 g/mol. The first-order valence-electron chi connectivity index (χ1n) is 21.6. The number of phosphoric ester groups is 2. The van der Waals surface area contributed by atoms with Crippen LogP contribution in [0.5, 0.6) is 0 Å². The molecule has 0 fully saturated rings. The van der Waals surface area contributed by atoms with E-state index in [4.69, 9.17) is 18.1 Å². The van der Waals surface area contributed by atoms with Gasteiger partial charge in [-0.3, -0.25) is 18.1 Å². The minimum absolute atomic E-state index is 0.222. The van der Waals surface area contributed by atoms with Crippen molar-refractivity contribution >= 4 is 39.2 Å². The Morgan fingerprint density at radius 3 is 0.796 bits per heavy atom. The molecule has 0 amide bonds. The quantitative estimate of drug-likeness (QED) is 0.0349. The number of nitrogens with zero attached hydrogens (tertiary/aromatic N) is 2. The van der Waals surface area contributed by atoms with Gasteiger partial charge in [0.15, 0.2) is 0 Å². The van der Waals surface area contributed by atoms with E-state index in [0.717, 1.165) is 38.5 Å². The molecule has 2 N–H and O–H groups in total. The summed E-state index contributed by atoms with van der Waals surface area (Å²) in [6.45, 7) is 2.35. The third kappa shape index (κ3) is 45.5. The summed E-state index contributed by atoms with van der Waals surface area (Å²) in [6, 6.07) is 0. The van der Waals surface area contributed by atoms with Gasteiger partial charge in [-0.25, -0.2) is 9.13 Å². The smallest absolute Gasteiger partial charge is 0.329 e. The standard InChI is InChI=1S/C40H86N2O8P2S2/c1-41(2,3)31-35-49-51(43,44)47-33-25-19-13-9-7-11-15-21-27-37-53-39-29-23-17-18-24-30-40-54-38-28-22-16-12-8-10-14-20-26-34-48-52(45,46)50-36-32-42(4,5)6/h7-40H2,1-6H3/p+2. The van der Waals surface area contributed by atoms with Crippen LogP contribution in [-0.4, -0.2) is 124 Å². The fourth-order valence-corrected chi connectivity index (χ4v) is 9.24. The lowest BCUT2D eigenvalue weighted by Crippen LogP contribution is -2.37. The Labute approximate surface area is 342 Å². The lowest BCUT2D eigenvalue weighted by molar-refractivity contribution is -0.870. The normalized spacial score (nSPS) is 14.7. The van der Waals surface area contributed by atoms with Crippen LogP contribution in [0.25, 0.3) is 0 Å². The van der Waals surface area contributed by atoms with Crippen LogP contribution in [0.4, 0.5) is 0 Å². The highest BCUT2D eigenvalue weighted by Crippen LogP contribution is 2.44. The molecule has 0 rings (SSSR count). The largest absolute Gasteiger partial charge is 0.472 e. The Hall–Kier alpha value is 0.840. The SMILES string of the molecule is C[N+](C)(C)CCOP(=O)(O)OCCCCCCCCCCCSCCCCCCCCSCCCCCCCCCCCOP(=O)(O)OCC[N+](C)(C)C. The van der Waals surface area contributed by atoms with Crippen LogP contribution in [0, 0.1) is 0 Å². The second kappa shape index (κ2) is 35.8. The lowest BCUT2D eigenvalue weighted by Gasteiger charge is -2.24. The lowest BCUT2D eigenvalue weighted by atomic mass is 10.1. The summed E-state index contributed by atoms with van der Waals surface area (Å²) in [7, 11) is 4.29. The average Bonchev–Trinajstić information content (AvgIpc) is 3.07. The first kappa shape index (κ1) is 54.8. The zero-order valence-corrected chi connectivity index (χ0v) is 39.4. The Morgan fingerprint density at radius 1 is 0.352 bits per heavy atom. The summed E-state index contributed by atoms with van der Waals surface area (Å²) >= 11 is 4.29. The highest BCUT2D eigenvalue weighted by molar-refractivity contribution is 7.99. The van der Waals surface area contributed by atoms with Crippen molar-refractivity contribution < 1.29 is 46.0 Å². The first-order chi connectivity index (χ1) is 25.6. The highest BCUT2D eigenvalue weighted by atomic mass is 32.2. The first-order valence-corrected chi connectivity index (χ1v) is 26.9. The van der Waals surface area contributed by atoms with Crippen molar-refractivity contribution in [3.8, 4) is 0 Å². The minimum atomic E-state index is -3.91. The maximum absolute atomic E-state index is 11.9. The third-order valence-electron chi connectivity index (χ3n) is 9.24. The van der Waals surface area contributed by atoms with Gasteiger partial charge in [0.25, 0.3) is 0 Å². The molecule has 0 saturated carbocycles. The van der Waals surface area contributed by atoms with Gasteiger partial charge in [-0.1, -0.05) is 116 Å². The molecule has 0 aliphatic rings. The van der Waals surface area contributed by atoms with Crippen LogP contribution in [0.15, 0.2) is 0 Å². The van der Waals surface area contributed by atoms with Crippen LogP contribution in [0.2, 0.25) is 0 Å². The van der Waals surface area contributed by atoms with Crippen molar-refractivity contribution in [2.75, 3.05) is 105 Å². The van der Waals surface area contributed by atoms with Gasteiger partial charge in [0, 0.05) is 0 Å². The zero-order chi connectivity index (χ0) is 40.3. The van der Waals surface area contributed by atoms with Crippen molar-refractivity contribution in [3.63, 3.8) is 0 Å². The van der Waals surface area contributed by atoms with Crippen molar-refractivity contribution in [2.24, 2.45) is 0 Å². The molecule has 0 aromatic carbocycles. The van der Waals surface area contributed by atoms with Gasteiger partial charge < -0.3 is 18.8 Å². The van der Waals surface area contributed by atoms with E-state index in [0.29, 0.717) is 22.1 Å². The van der Waals surface area contributed by atoms with Gasteiger partial charge in [-0.15, -0.1) is 0 Å². The molecule has 0 saturated heterocycles. The third-order valence-corrected chi connectivity index (χ3v) is 13.6. The molecule has 0 spiro atoms. The van der Waals surface area contributed by atoms with Gasteiger partial charge in [-0.05, 0) is 61.5 Å². The minimum Gasteiger partial charge on any atom is -0.329 e. The molecule has 2 unspecified atom stereocenters. The Bertz CT molecular complexity index is 853. The molecule has 0 heterocycles. The summed E-state index contributed by atoms with van der Waals surface area (Å²) < 4.78 is 45.4. The number of phosphoric acid groups is 2. The van der Waals surface area contributed by atoms with Crippen LogP contribution >= 0.6 is 39.2 Å². The fourth-order valence-electron chi connectivity index (χ4n) is 5.70. The Morgan fingerprint density at radius 2 is 0.556 bits per heavy atom. The number of hydrogen-bond donors (Lipinski definition) is 2. The topological polar surface area (TPSA) is 112 Å². The van der Waals surface area contributed by atoms with E-state index in [1.54, 1.807) is 0 Å². The number of hydrogen-bond acceptors (Lipinski definition) is 8. The molecule has 0 aliphatic carbocycles. The Kier molecular flexibility index (Phi) is 36.3. The van der Waals surface area contributed by atoms with Crippen molar-refractivity contribution in [2.45, 2.75) is 154 Å². The molecule has 10 nitrogen and oxygen atoms in total. The highest BCUT2D eigenvalue weighted by Gasteiger charge is 2.23. The van der Waals surface area contributed by atoms with Gasteiger partial charge in [0.2, 0.25) is 0 Å². The fraction of sp³-hybridized carbons (Fsp3) is 1.00. The van der Waals surface area contributed by atoms with E-state index in [9.17, 15) is 18.9 Å². The summed E-state index contributed by atoms with van der Waals surface area (Å²) in [5.74, 6) is 5.28. The van der Waals surface area contributed by atoms with Crippen molar-refractivity contribution in [1.82, 2.24) is 0 Å². The summed E-state index contributed by atoms with van der Waals surface area (Å²) in [5, 5.41) is 0. The molecule has 326 valence electrons. The van der Waals surface area contributed by atoms with E-state index in [2.05, 4.69) is 23.5 Å². The van der Waals surface area contributed by atoms with Crippen LogP contribution in [0.1, 0.15) is 154 Å². The number of unbranched alkanes of at least 4 members (excludes halogenated alkanes) is 21. The van der Waals surface area contributed by atoms with Crippen LogP contribution < -0.4 is 0 Å². The van der Waals surface area contributed by atoms with Gasteiger partial charge in [0.05, 0.1) is 55.5 Å². The molecule has 0 radical (unpaired) electrons. The molecule has 0 aliphatic heterocycles.